The van der Waals surface area contributed by atoms with Crippen molar-refractivity contribution in [2.24, 2.45) is 0 Å². The van der Waals surface area contributed by atoms with E-state index in [1.54, 1.807) is 24.3 Å². The van der Waals surface area contributed by atoms with Gasteiger partial charge >= 0.3 is 5.97 Å². The first-order valence-electron chi connectivity index (χ1n) is 8.51. The summed E-state index contributed by atoms with van der Waals surface area (Å²) in [5.41, 5.74) is 1.46. The molecule has 4 rings (SSSR count). The maximum absolute atomic E-state index is 12.4. The molecule has 0 spiro atoms. The molecule has 0 N–H and O–H groups in total. The Hall–Kier alpha value is -3.48. The molecule has 1 fully saturated rings. The van der Waals surface area contributed by atoms with Gasteiger partial charge in [-0.15, -0.1) is 0 Å². The van der Waals surface area contributed by atoms with Crippen molar-refractivity contribution in [3.63, 3.8) is 0 Å². The fourth-order valence-electron chi connectivity index (χ4n) is 3.24. The minimum Gasteiger partial charge on any atom is -0.459 e. The molecule has 7 heteroatoms. The third kappa shape index (κ3) is 2.97. The lowest BCUT2D eigenvalue weighted by atomic mass is 10.1. The molecule has 2 aliphatic rings. The van der Waals surface area contributed by atoms with Crippen LogP contribution < -0.4 is 0 Å². The third-order valence-corrected chi connectivity index (χ3v) is 4.69. The Morgan fingerprint density at radius 2 is 1.52 bits per heavy atom. The van der Waals surface area contributed by atoms with Gasteiger partial charge in [0.2, 0.25) is 5.91 Å². The number of fused-ring (bicyclic) bond motifs is 1. The molecule has 136 valence electrons. The monoisotopic (exact) mass is 364 g/mol. The number of likely N-dealkylation sites (tertiary alicyclic amines) is 1. The van der Waals surface area contributed by atoms with Gasteiger partial charge in [0, 0.05) is 0 Å². The van der Waals surface area contributed by atoms with Crippen LogP contribution >= 0.6 is 0 Å². The average Bonchev–Trinajstić information content (AvgIpc) is 2.94. The largest absolute Gasteiger partial charge is 0.459 e. The Balaban J connectivity index is 1.33. The van der Waals surface area contributed by atoms with E-state index in [1.807, 2.05) is 30.3 Å². The molecule has 0 saturated carbocycles. The summed E-state index contributed by atoms with van der Waals surface area (Å²) in [6, 6.07) is 14.8. The number of carbonyl (C=O) groups excluding carboxylic acids is 4. The molecular weight excluding hydrogens is 348 g/mol. The maximum Gasteiger partial charge on any atom is 0.325 e. The molecular formula is C20H16N2O5. The summed E-state index contributed by atoms with van der Waals surface area (Å²) in [6.45, 7) is 0.0552. The van der Waals surface area contributed by atoms with Crippen molar-refractivity contribution in [3.8, 4) is 0 Å². The Morgan fingerprint density at radius 1 is 0.926 bits per heavy atom. The van der Waals surface area contributed by atoms with Gasteiger partial charge in [-0.05, 0) is 17.7 Å². The number of ether oxygens (including phenoxy) is 1. The highest BCUT2D eigenvalue weighted by atomic mass is 16.5. The highest BCUT2D eigenvalue weighted by Gasteiger charge is 2.50. The van der Waals surface area contributed by atoms with Gasteiger partial charge in [0.05, 0.1) is 17.7 Å². The SMILES string of the molecule is O=C(CN1CC(N2C(=O)c3ccccc3C2=O)C1=O)OCc1ccccc1. The number of carbonyl (C=O) groups is 4. The summed E-state index contributed by atoms with van der Waals surface area (Å²) in [4.78, 5) is 51.4. The van der Waals surface area contributed by atoms with E-state index in [-0.39, 0.29) is 19.7 Å². The smallest absolute Gasteiger partial charge is 0.325 e. The van der Waals surface area contributed by atoms with Crippen molar-refractivity contribution >= 4 is 23.7 Å². The van der Waals surface area contributed by atoms with Gasteiger partial charge in [0.15, 0.2) is 0 Å². The van der Waals surface area contributed by atoms with Crippen LogP contribution in [-0.2, 0) is 20.9 Å². The van der Waals surface area contributed by atoms with Crippen LogP contribution in [0.25, 0.3) is 0 Å². The Morgan fingerprint density at radius 3 is 2.11 bits per heavy atom. The molecule has 27 heavy (non-hydrogen) atoms. The van der Waals surface area contributed by atoms with Crippen molar-refractivity contribution in [2.75, 3.05) is 13.1 Å². The summed E-state index contributed by atoms with van der Waals surface area (Å²) in [7, 11) is 0. The predicted molar refractivity (Wildman–Crippen MR) is 93.5 cm³/mol. The number of amides is 3. The number of nitrogens with zero attached hydrogens (tertiary/aromatic N) is 2. The topological polar surface area (TPSA) is 84.0 Å². The quantitative estimate of drug-likeness (QED) is 0.453. The molecule has 2 aliphatic heterocycles. The second kappa shape index (κ2) is 6.68. The number of β-lactam (4-membered cyclic amide) rings is 1. The zero-order valence-corrected chi connectivity index (χ0v) is 14.3. The van der Waals surface area contributed by atoms with E-state index in [4.69, 9.17) is 4.74 Å². The van der Waals surface area contributed by atoms with Gasteiger partial charge in [0.25, 0.3) is 11.8 Å². The van der Waals surface area contributed by atoms with E-state index < -0.39 is 29.7 Å². The molecule has 1 unspecified atom stereocenters. The van der Waals surface area contributed by atoms with Gasteiger partial charge in [-0.25, -0.2) is 0 Å². The molecule has 2 heterocycles. The van der Waals surface area contributed by atoms with Gasteiger partial charge < -0.3 is 9.64 Å². The summed E-state index contributed by atoms with van der Waals surface area (Å²) < 4.78 is 5.16. The lowest BCUT2D eigenvalue weighted by molar-refractivity contribution is -0.158. The van der Waals surface area contributed by atoms with E-state index in [1.165, 1.54) is 4.90 Å². The van der Waals surface area contributed by atoms with Gasteiger partial charge in [-0.2, -0.15) is 0 Å². The second-order valence-electron chi connectivity index (χ2n) is 6.41. The minimum atomic E-state index is -0.862. The Kier molecular flexibility index (Phi) is 4.19. The normalized spacial score (nSPS) is 18.4. The lowest BCUT2D eigenvalue weighted by Gasteiger charge is -2.41. The number of hydrogen-bond donors (Lipinski definition) is 0. The number of rotatable bonds is 5. The first kappa shape index (κ1) is 17.0. The van der Waals surface area contributed by atoms with Crippen LogP contribution in [0.1, 0.15) is 26.3 Å². The molecule has 2 aromatic rings. The first-order valence-corrected chi connectivity index (χ1v) is 8.51. The van der Waals surface area contributed by atoms with Crippen molar-refractivity contribution in [1.29, 1.82) is 0 Å². The summed E-state index contributed by atoms with van der Waals surface area (Å²) in [5, 5.41) is 0. The van der Waals surface area contributed by atoms with Crippen LogP contribution in [0.3, 0.4) is 0 Å². The molecule has 1 atom stereocenters. The van der Waals surface area contributed by atoms with Crippen molar-refractivity contribution < 1.29 is 23.9 Å². The number of benzene rings is 2. The molecule has 2 aromatic carbocycles. The number of esters is 1. The summed E-state index contributed by atoms with van der Waals surface area (Å²) in [6.07, 6.45) is 0. The standard InChI is InChI=1S/C20H16N2O5/c23-17(27-12-13-6-2-1-3-7-13)11-21-10-16(20(21)26)22-18(24)14-8-4-5-9-15(14)19(22)25/h1-9,16H,10-12H2. The van der Waals surface area contributed by atoms with E-state index in [2.05, 4.69) is 0 Å². The van der Waals surface area contributed by atoms with Gasteiger partial charge in [0.1, 0.15) is 19.2 Å². The summed E-state index contributed by atoms with van der Waals surface area (Å²) in [5.74, 6) is -1.91. The lowest BCUT2D eigenvalue weighted by Crippen LogP contribution is -2.65. The fraction of sp³-hybridized carbons (Fsp3) is 0.200. The molecule has 0 bridgehead atoms. The van der Waals surface area contributed by atoms with Crippen LogP contribution in [0.2, 0.25) is 0 Å². The van der Waals surface area contributed by atoms with Crippen LogP contribution in [0.5, 0.6) is 0 Å². The van der Waals surface area contributed by atoms with E-state index in [0.29, 0.717) is 11.1 Å². The number of hydrogen-bond acceptors (Lipinski definition) is 5. The van der Waals surface area contributed by atoms with E-state index in [9.17, 15) is 19.2 Å². The molecule has 0 aromatic heterocycles. The average molecular weight is 364 g/mol. The second-order valence-corrected chi connectivity index (χ2v) is 6.41. The van der Waals surface area contributed by atoms with Crippen molar-refractivity contribution in [3.05, 3.63) is 71.3 Å². The fourth-order valence-corrected chi connectivity index (χ4v) is 3.24. The van der Waals surface area contributed by atoms with Gasteiger partial charge in [-0.3, -0.25) is 24.1 Å². The van der Waals surface area contributed by atoms with Crippen molar-refractivity contribution in [1.82, 2.24) is 9.80 Å². The molecule has 7 nitrogen and oxygen atoms in total. The van der Waals surface area contributed by atoms with Crippen LogP contribution in [-0.4, -0.2) is 52.6 Å². The predicted octanol–water partition coefficient (Wildman–Crippen LogP) is 1.24. The van der Waals surface area contributed by atoms with Crippen LogP contribution in [0.15, 0.2) is 54.6 Å². The highest BCUT2D eigenvalue weighted by molar-refractivity contribution is 6.23. The summed E-state index contributed by atoms with van der Waals surface area (Å²) >= 11 is 0. The van der Waals surface area contributed by atoms with Crippen molar-refractivity contribution in [2.45, 2.75) is 12.6 Å². The number of imide groups is 1. The van der Waals surface area contributed by atoms with Crippen LogP contribution in [0.4, 0.5) is 0 Å². The van der Waals surface area contributed by atoms with Gasteiger partial charge in [-0.1, -0.05) is 42.5 Å². The zero-order chi connectivity index (χ0) is 19.0. The Labute approximate surface area is 155 Å². The Bertz CT molecular complexity index is 905. The third-order valence-electron chi connectivity index (χ3n) is 4.69. The van der Waals surface area contributed by atoms with Crippen LogP contribution in [0, 0.1) is 0 Å². The highest BCUT2D eigenvalue weighted by Crippen LogP contribution is 2.28. The maximum atomic E-state index is 12.4. The van der Waals surface area contributed by atoms with E-state index >= 15 is 0 Å². The molecule has 0 radical (unpaired) electrons. The first-order chi connectivity index (χ1) is 13.1. The molecule has 1 saturated heterocycles. The molecule has 3 amide bonds. The zero-order valence-electron chi connectivity index (χ0n) is 14.3. The molecule has 0 aliphatic carbocycles. The van der Waals surface area contributed by atoms with E-state index in [0.717, 1.165) is 10.5 Å². The minimum absolute atomic E-state index is 0.129.